The van der Waals surface area contributed by atoms with Crippen LogP contribution in [0, 0.1) is 11.3 Å². The average molecular weight is 298 g/mol. The second-order valence-electron chi connectivity index (χ2n) is 4.80. The van der Waals surface area contributed by atoms with Crippen LogP contribution in [0.4, 0.5) is 0 Å². The van der Waals surface area contributed by atoms with Crippen LogP contribution in [-0.2, 0) is 4.79 Å². The molecule has 1 rings (SSSR count). The van der Waals surface area contributed by atoms with Gasteiger partial charge < -0.3 is 5.32 Å². The van der Waals surface area contributed by atoms with Gasteiger partial charge >= 0.3 is 0 Å². The molecule has 19 heavy (non-hydrogen) atoms. The van der Waals surface area contributed by atoms with Gasteiger partial charge in [0.25, 0.3) is 5.91 Å². The zero-order valence-electron chi connectivity index (χ0n) is 11.3. The summed E-state index contributed by atoms with van der Waals surface area (Å²) in [5, 5.41) is 12.6. The second kappa shape index (κ2) is 5.72. The summed E-state index contributed by atoms with van der Waals surface area (Å²) >= 11 is 11.2. The van der Waals surface area contributed by atoms with E-state index in [-0.39, 0.29) is 11.9 Å². The van der Waals surface area contributed by atoms with Crippen LogP contribution in [0.1, 0.15) is 27.7 Å². The van der Waals surface area contributed by atoms with Crippen molar-refractivity contribution < 1.29 is 4.79 Å². The Bertz CT molecular complexity index is 516. The largest absolute Gasteiger partial charge is 0.348 e. The number of allylic oxidation sites excluding steroid dienone is 3. The van der Waals surface area contributed by atoms with E-state index in [2.05, 4.69) is 5.32 Å². The Morgan fingerprint density at radius 3 is 2.58 bits per heavy atom. The first-order chi connectivity index (χ1) is 8.74. The molecule has 0 radical (unpaired) electrons. The molecule has 0 saturated carbocycles. The van der Waals surface area contributed by atoms with Crippen LogP contribution in [0.5, 0.6) is 0 Å². The van der Waals surface area contributed by atoms with Gasteiger partial charge in [-0.1, -0.05) is 17.7 Å². The zero-order valence-corrected chi connectivity index (χ0v) is 12.9. The van der Waals surface area contributed by atoms with E-state index >= 15 is 0 Å². The first-order valence-corrected chi connectivity index (χ1v) is 6.63. The summed E-state index contributed by atoms with van der Waals surface area (Å²) < 4.78 is 0. The molecule has 1 aliphatic heterocycles. The number of nitrogens with zero attached hydrogens (tertiary/aromatic N) is 2. The standard InChI is InChI=1S/C13H16ClN3OS/c1-5-9(7-15)10(14)6-8(2)17-11(18)13(3,4)16-12(17)19/h5-6,8H,1-4H3,(H,16,19)/b9-5-,10-6+/t8-/m0/s1. The van der Waals surface area contributed by atoms with E-state index in [1.807, 2.05) is 6.07 Å². The van der Waals surface area contributed by atoms with E-state index < -0.39 is 5.54 Å². The van der Waals surface area contributed by atoms with Gasteiger partial charge in [-0.2, -0.15) is 5.26 Å². The lowest BCUT2D eigenvalue weighted by atomic mass is 10.1. The smallest absolute Gasteiger partial charge is 0.254 e. The molecule has 0 aromatic carbocycles. The molecule has 0 spiro atoms. The van der Waals surface area contributed by atoms with Crippen LogP contribution in [0.15, 0.2) is 22.8 Å². The fourth-order valence-corrected chi connectivity index (χ4v) is 2.61. The molecule has 1 heterocycles. The molecule has 1 fully saturated rings. The quantitative estimate of drug-likeness (QED) is 0.494. The molecule has 0 aromatic heterocycles. The van der Waals surface area contributed by atoms with E-state index in [0.29, 0.717) is 15.7 Å². The molecule has 0 unspecified atom stereocenters. The van der Waals surface area contributed by atoms with Gasteiger partial charge in [0.2, 0.25) is 0 Å². The highest BCUT2D eigenvalue weighted by molar-refractivity contribution is 7.80. The van der Waals surface area contributed by atoms with Crippen molar-refractivity contribution in [3.63, 3.8) is 0 Å². The molecule has 1 atom stereocenters. The summed E-state index contributed by atoms with van der Waals surface area (Å²) in [5.41, 5.74) is -0.331. The summed E-state index contributed by atoms with van der Waals surface area (Å²) in [5.74, 6) is -0.107. The minimum atomic E-state index is -0.704. The number of nitrogens with one attached hydrogen (secondary N) is 1. The molecule has 1 amide bonds. The monoisotopic (exact) mass is 297 g/mol. The Kier molecular flexibility index (Phi) is 4.72. The van der Waals surface area contributed by atoms with Crippen LogP contribution in [0.3, 0.4) is 0 Å². The zero-order chi connectivity index (χ0) is 14.8. The second-order valence-corrected chi connectivity index (χ2v) is 5.59. The third-order valence-corrected chi connectivity index (χ3v) is 3.48. The topological polar surface area (TPSA) is 56.1 Å². The molecule has 1 saturated heterocycles. The van der Waals surface area contributed by atoms with Crippen molar-refractivity contribution in [1.82, 2.24) is 10.2 Å². The van der Waals surface area contributed by atoms with Gasteiger partial charge in [0.05, 0.1) is 16.6 Å². The van der Waals surface area contributed by atoms with Crippen molar-refractivity contribution in [1.29, 1.82) is 5.26 Å². The maximum atomic E-state index is 12.2. The Morgan fingerprint density at radius 1 is 1.63 bits per heavy atom. The van der Waals surface area contributed by atoms with Gasteiger partial charge in [-0.05, 0) is 46.0 Å². The fourth-order valence-electron chi connectivity index (χ4n) is 1.78. The van der Waals surface area contributed by atoms with E-state index in [1.165, 1.54) is 4.90 Å². The van der Waals surface area contributed by atoms with Crippen LogP contribution >= 0.6 is 23.8 Å². The minimum absolute atomic E-state index is 0.107. The first-order valence-electron chi connectivity index (χ1n) is 5.84. The fraction of sp³-hybridized carbons (Fsp3) is 0.462. The van der Waals surface area contributed by atoms with Crippen LogP contribution in [0.2, 0.25) is 0 Å². The third kappa shape index (κ3) is 3.14. The molecular formula is C13H16ClN3OS. The van der Waals surface area contributed by atoms with E-state index in [9.17, 15) is 4.79 Å². The number of hydrogen-bond donors (Lipinski definition) is 1. The minimum Gasteiger partial charge on any atom is -0.348 e. The number of nitriles is 1. The van der Waals surface area contributed by atoms with E-state index in [0.717, 1.165) is 0 Å². The molecule has 0 aliphatic carbocycles. The number of hydrogen-bond acceptors (Lipinski definition) is 3. The lowest BCUT2D eigenvalue weighted by Gasteiger charge is -2.21. The predicted octanol–water partition coefficient (Wildman–Crippen LogP) is 2.46. The Labute approximate surface area is 123 Å². The van der Waals surface area contributed by atoms with Crippen molar-refractivity contribution in [2.75, 3.05) is 0 Å². The van der Waals surface area contributed by atoms with Gasteiger partial charge in [-0.3, -0.25) is 9.69 Å². The molecule has 6 heteroatoms. The maximum Gasteiger partial charge on any atom is 0.254 e. The normalized spacial score (nSPS) is 21.2. The number of halogens is 1. The highest BCUT2D eigenvalue weighted by Gasteiger charge is 2.43. The predicted molar refractivity (Wildman–Crippen MR) is 79.4 cm³/mol. The highest BCUT2D eigenvalue weighted by atomic mass is 35.5. The van der Waals surface area contributed by atoms with E-state index in [4.69, 9.17) is 29.1 Å². The van der Waals surface area contributed by atoms with Crippen molar-refractivity contribution >= 4 is 34.8 Å². The lowest BCUT2D eigenvalue weighted by molar-refractivity contribution is -0.130. The highest BCUT2D eigenvalue weighted by Crippen LogP contribution is 2.22. The number of rotatable bonds is 3. The van der Waals surface area contributed by atoms with Gasteiger partial charge in [-0.15, -0.1) is 0 Å². The van der Waals surface area contributed by atoms with Crippen molar-refractivity contribution in [2.45, 2.75) is 39.3 Å². The van der Waals surface area contributed by atoms with Crippen LogP contribution in [-0.4, -0.2) is 27.5 Å². The van der Waals surface area contributed by atoms with Crippen molar-refractivity contribution in [3.05, 3.63) is 22.8 Å². The lowest BCUT2D eigenvalue weighted by Crippen LogP contribution is -2.41. The number of amides is 1. The van der Waals surface area contributed by atoms with Crippen molar-refractivity contribution in [2.24, 2.45) is 0 Å². The summed E-state index contributed by atoms with van der Waals surface area (Å²) in [6.45, 7) is 7.08. The number of carbonyl (C=O) groups excluding carboxylic acids is 1. The molecule has 1 N–H and O–H groups in total. The molecular weight excluding hydrogens is 282 g/mol. The summed E-state index contributed by atoms with van der Waals surface area (Å²) in [6.07, 6.45) is 3.27. The van der Waals surface area contributed by atoms with Gasteiger partial charge in [0.1, 0.15) is 11.6 Å². The SMILES string of the molecule is C/C=C(C#N)\C(Cl)=C/[C@H](C)N1C(=O)C(C)(C)NC1=S. The Hall–Kier alpha value is -1.38. The van der Waals surface area contributed by atoms with Gasteiger partial charge in [0.15, 0.2) is 5.11 Å². The van der Waals surface area contributed by atoms with Crippen LogP contribution < -0.4 is 5.32 Å². The molecule has 4 nitrogen and oxygen atoms in total. The summed E-state index contributed by atoms with van der Waals surface area (Å²) in [4.78, 5) is 13.7. The Balaban J connectivity index is 3.00. The molecule has 0 aromatic rings. The van der Waals surface area contributed by atoms with Crippen LogP contribution in [0.25, 0.3) is 0 Å². The van der Waals surface area contributed by atoms with E-state index in [1.54, 1.807) is 39.8 Å². The number of thiocarbonyl (C=S) groups is 1. The van der Waals surface area contributed by atoms with Gasteiger partial charge in [0, 0.05) is 0 Å². The average Bonchev–Trinajstić information content (AvgIpc) is 2.49. The summed E-state index contributed by atoms with van der Waals surface area (Å²) in [6, 6.07) is 1.68. The molecule has 102 valence electrons. The van der Waals surface area contributed by atoms with Gasteiger partial charge in [-0.25, -0.2) is 0 Å². The maximum absolute atomic E-state index is 12.2. The number of carbonyl (C=O) groups is 1. The summed E-state index contributed by atoms with van der Waals surface area (Å²) in [7, 11) is 0. The molecule has 0 bridgehead atoms. The Morgan fingerprint density at radius 2 is 2.21 bits per heavy atom. The third-order valence-electron chi connectivity index (χ3n) is 2.85. The molecule has 1 aliphatic rings. The van der Waals surface area contributed by atoms with Crippen molar-refractivity contribution in [3.8, 4) is 6.07 Å². The first kappa shape index (κ1) is 15.7.